The number of amides is 1. The maximum atomic E-state index is 11.6. The number of carbonyl (C=O) groups is 1. The number of rotatable bonds is 5. The Kier molecular flexibility index (Phi) is 5.05. The fourth-order valence-corrected chi connectivity index (χ4v) is 1.87. The number of nitrogens with one attached hydrogen (secondary N) is 2. The third kappa shape index (κ3) is 4.62. The lowest BCUT2D eigenvalue weighted by atomic mass is 10.1. The Labute approximate surface area is 91.4 Å². The fraction of sp³-hybridized carbons (Fsp3) is 0.909. The zero-order valence-electron chi connectivity index (χ0n) is 9.62. The van der Waals surface area contributed by atoms with E-state index in [0.717, 1.165) is 25.9 Å². The predicted octanol–water partition coefficient (Wildman–Crippen LogP) is 0.119. The minimum absolute atomic E-state index is 0.0720. The normalized spacial score (nSPS) is 23.1. The van der Waals surface area contributed by atoms with Gasteiger partial charge in [0.1, 0.15) is 0 Å². The first kappa shape index (κ1) is 12.5. The quantitative estimate of drug-likeness (QED) is 0.609. The van der Waals surface area contributed by atoms with Crippen LogP contribution in [0.15, 0.2) is 0 Å². The smallest absolute Gasteiger partial charge is 0.224 e. The van der Waals surface area contributed by atoms with Gasteiger partial charge in [0.25, 0.3) is 0 Å². The number of hydrogen-bond acceptors (Lipinski definition) is 3. The van der Waals surface area contributed by atoms with E-state index in [9.17, 15) is 9.90 Å². The van der Waals surface area contributed by atoms with Gasteiger partial charge in [-0.2, -0.15) is 0 Å². The van der Waals surface area contributed by atoms with Crippen molar-refractivity contribution in [2.24, 2.45) is 11.8 Å². The molecule has 0 aromatic carbocycles. The van der Waals surface area contributed by atoms with Crippen LogP contribution in [0.2, 0.25) is 0 Å². The van der Waals surface area contributed by atoms with E-state index in [1.807, 2.05) is 0 Å². The van der Waals surface area contributed by atoms with Gasteiger partial charge in [0.2, 0.25) is 5.91 Å². The number of aliphatic hydroxyl groups excluding tert-OH is 1. The molecular formula is C11H22N2O2. The molecule has 1 amide bonds. The van der Waals surface area contributed by atoms with Gasteiger partial charge in [-0.1, -0.05) is 13.8 Å². The van der Waals surface area contributed by atoms with Crippen LogP contribution in [0.4, 0.5) is 0 Å². The van der Waals surface area contributed by atoms with Gasteiger partial charge in [0.05, 0.1) is 12.0 Å². The highest BCUT2D eigenvalue weighted by Crippen LogP contribution is 2.08. The topological polar surface area (TPSA) is 61.4 Å². The zero-order chi connectivity index (χ0) is 11.3. The number of aliphatic hydroxyl groups is 1. The van der Waals surface area contributed by atoms with E-state index < -0.39 is 6.10 Å². The maximum absolute atomic E-state index is 11.6. The SMILES string of the molecule is CC(C)CC(O)CNC(=O)C1CCNC1. The Bertz CT molecular complexity index is 201. The van der Waals surface area contributed by atoms with Crippen molar-refractivity contribution in [3.05, 3.63) is 0 Å². The molecule has 4 nitrogen and oxygen atoms in total. The molecule has 1 rings (SSSR count). The van der Waals surface area contributed by atoms with Gasteiger partial charge in [-0.3, -0.25) is 4.79 Å². The molecule has 0 bridgehead atoms. The van der Waals surface area contributed by atoms with Gasteiger partial charge >= 0.3 is 0 Å². The van der Waals surface area contributed by atoms with Crippen LogP contribution in [0.5, 0.6) is 0 Å². The molecule has 2 unspecified atom stereocenters. The molecule has 0 saturated carbocycles. The molecule has 1 aliphatic heterocycles. The minimum atomic E-state index is -0.414. The van der Waals surface area contributed by atoms with Gasteiger partial charge in [0.15, 0.2) is 0 Å². The van der Waals surface area contributed by atoms with Crippen molar-refractivity contribution in [2.45, 2.75) is 32.8 Å². The highest BCUT2D eigenvalue weighted by Gasteiger charge is 2.22. The van der Waals surface area contributed by atoms with Crippen molar-refractivity contribution in [2.75, 3.05) is 19.6 Å². The molecule has 1 heterocycles. The molecule has 1 aliphatic rings. The second-order valence-corrected chi connectivity index (χ2v) is 4.72. The summed E-state index contributed by atoms with van der Waals surface area (Å²) in [5.74, 6) is 0.629. The molecule has 0 aromatic rings. The van der Waals surface area contributed by atoms with Gasteiger partial charge in [-0.25, -0.2) is 0 Å². The summed E-state index contributed by atoms with van der Waals surface area (Å²) in [6, 6.07) is 0. The second-order valence-electron chi connectivity index (χ2n) is 4.72. The van der Waals surface area contributed by atoms with E-state index in [1.165, 1.54) is 0 Å². The average Bonchev–Trinajstić information content (AvgIpc) is 2.65. The number of hydrogen-bond donors (Lipinski definition) is 3. The molecular weight excluding hydrogens is 192 g/mol. The van der Waals surface area contributed by atoms with E-state index in [2.05, 4.69) is 24.5 Å². The lowest BCUT2D eigenvalue weighted by molar-refractivity contribution is -0.124. The predicted molar refractivity (Wildman–Crippen MR) is 59.4 cm³/mol. The van der Waals surface area contributed by atoms with Crippen molar-refractivity contribution < 1.29 is 9.90 Å². The lowest BCUT2D eigenvalue weighted by Crippen LogP contribution is -2.37. The largest absolute Gasteiger partial charge is 0.391 e. The van der Waals surface area contributed by atoms with Crippen LogP contribution in [-0.2, 0) is 4.79 Å². The summed E-state index contributed by atoms with van der Waals surface area (Å²) >= 11 is 0. The van der Waals surface area contributed by atoms with E-state index in [1.54, 1.807) is 0 Å². The Morgan fingerprint density at radius 1 is 1.60 bits per heavy atom. The summed E-state index contributed by atoms with van der Waals surface area (Å²) in [6.45, 7) is 6.20. The average molecular weight is 214 g/mol. The Morgan fingerprint density at radius 3 is 2.87 bits per heavy atom. The molecule has 88 valence electrons. The molecule has 0 aromatic heterocycles. The Balaban J connectivity index is 2.15. The highest BCUT2D eigenvalue weighted by molar-refractivity contribution is 5.79. The standard InChI is InChI=1S/C11H22N2O2/c1-8(2)5-10(14)7-13-11(15)9-3-4-12-6-9/h8-10,12,14H,3-7H2,1-2H3,(H,13,15). The van der Waals surface area contributed by atoms with Gasteiger partial charge in [-0.05, 0) is 25.3 Å². The first-order chi connectivity index (χ1) is 7.09. The molecule has 0 aliphatic carbocycles. The van der Waals surface area contributed by atoms with Gasteiger partial charge < -0.3 is 15.7 Å². The molecule has 1 fully saturated rings. The summed E-state index contributed by atoms with van der Waals surface area (Å²) in [7, 11) is 0. The van der Waals surface area contributed by atoms with Crippen LogP contribution in [-0.4, -0.2) is 36.8 Å². The minimum Gasteiger partial charge on any atom is -0.391 e. The van der Waals surface area contributed by atoms with Crippen molar-refractivity contribution in [1.82, 2.24) is 10.6 Å². The summed E-state index contributed by atoms with van der Waals surface area (Å²) in [6.07, 6.45) is 1.23. The van der Waals surface area contributed by atoms with Gasteiger partial charge in [-0.15, -0.1) is 0 Å². The summed E-state index contributed by atoms with van der Waals surface area (Å²) in [5.41, 5.74) is 0. The third-order valence-electron chi connectivity index (χ3n) is 2.69. The van der Waals surface area contributed by atoms with E-state index in [0.29, 0.717) is 12.5 Å². The third-order valence-corrected chi connectivity index (χ3v) is 2.69. The van der Waals surface area contributed by atoms with Crippen LogP contribution in [0.1, 0.15) is 26.7 Å². The first-order valence-electron chi connectivity index (χ1n) is 5.76. The van der Waals surface area contributed by atoms with Crippen LogP contribution in [0.25, 0.3) is 0 Å². The Morgan fingerprint density at radius 2 is 2.33 bits per heavy atom. The summed E-state index contributed by atoms with van der Waals surface area (Å²) < 4.78 is 0. The molecule has 0 spiro atoms. The highest BCUT2D eigenvalue weighted by atomic mass is 16.3. The van der Waals surface area contributed by atoms with Crippen molar-refractivity contribution in [3.63, 3.8) is 0 Å². The van der Waals surface area contributed by atoms with Gasteiger partial charge in [0, 0.05) is 13.1 Å². The maximum Gasteiger partial charge on any atom is 0.224 e. The van der Waals surface area contributed by atoms with Crippen molar-refractivity contribution >= 4 is 5.91 Å². The van der Waals surface area contributed by atoms with Crippen molar-refractivity contribution in [3.8, 4) is 0 Å². The van der Waals surface area contributed by atoms with Crippen LogP contribution in [0.3, 0.4) is 0 Å². The fourth-order valence-electron chi connectivity index (χ4n) is 1.87. The lowest BCUT2D eigenvalue weighted by Gasteiger charge is -2.15. The Hall–Kier alpha value is -0.610. The molecule has 3 N–H and O–H groups in total. The second kappa shape index (κ2) is 6.08. The summed E-state index contributed by atoms with van der Waals surface area (Å²) in [4.78, 5) is 11.6. The molecule has 15 heavy (non-hydrogen) atoms. The monoisotopic (exact) mass is 214 g/mol. The number of carbonyl (C=O) groups excluding carboxylic acids is 1. The van der Waals surface area contributed by atoms with Crippen LogP contribution in [0, 0.1) is 11.8 Å². The van der Waals surface area contributed by atoms with Crippen molar-refractivity contribution in [1.29, 1.82) is 0 Å². The van der Waals surface area contributed by atoms with E-state index in [4.69, 9.17) is 0 Å². The van der Waals surface area contributed by atoms with Crippen LogP contribution < -0.4 is 10.6 Å². The van der Waals surface area contributed by atoms with E-state index >= 15 is 0 Å². The van der Waals surface area contributed by atoms with Crippen LogP contribution >= 0.6 is 0 Å². The summed E-state index contributed by atoms with van der Waals surface area (Å²) in [5, 5.41) is 15.5. The first-order valence-corrected chi connectivity index (χ1v) is 5.76. The van der Waals surface area contributed by atoms with E-state index in [-0.39, 0.29) is 11.8 Å². The molecule has 4 heteroatoms. The zero-order valence-corrected chi connectivity index (χ0v) is 9.62. The molecule has 1 saturated heterocycles. The molecule has 2 atom stereocenters. The molecule has 0 radical (unpaired) electrons.